The Morgan fingerprint density at radius 1 is 0.909 bits per heavy atom. The van der Waals surface area contributed by atoms with Crippen molar-refractivity contribution < 1.29 is 14.3 Å². The highest BCUT2D eigenvalue weighted by molar-refractivity contribution is 6.30. The number of carboxylic acids is 1. The Labute approximate surface area is 135 Å². The summed E-state index contributed by atoms with van der Waals surface area (Å²) in [6, 6.07) is 13.5. The molecule has 0 amide bonds. The van der Waals surface area contributed by atoms with Gasteiger partial charge in [0.1, 0.15) is 0 Å². The molecule has 22 heavy (non-hydrogen) atoms. The second kappa shape index (κ2) is 5.83. The van der Waals surface area contributed by atoms with E-state index in [9.17, 15) is 9.90 Å². The highest BCUT2D eigenvalue weighted by atomic mass is 35.5. The van der Waals surface area contributed by atoms with Crippen LogP contribution in [0.4, 0.5) is 0 Å². The molecule has 110 valence electrons. The molecule has 0 aliphatic heterocycles. The number of halogens is 2. The highest BCUT2D eigenvalue weighted by Gasteiger charge is 2.21. The number of carbonyl (C=O) groups is 1. The zero-order valence-corrected chi connectivity index (χ0v) is 12.6. The fraction of sp³-hybridized carbons (Fsp3) is 0. The van der Waals surface area contributed by atoms with E-state index < -0.39 is 5.97 Å². The van der Waals surface area contributed by atoms with Crippen LogP contribution in [0.5, 0.6) is 0 Å². The lowest BCUT2D eigenvalue weighted by Gasteiger charge is -1.98. The van der Waals surface area contributed by atoms with Gasteiger partial charge in [0.2, 0.25) is 5.89 Å². The summed E-state index contributed by atoms with van der Waals surface area (Å²) in [5.74, 6) is -0.748. The zero-order valence-electron chi connectivity index (χ0n) is 11.1. The van der Waals surface area contributed by atoms with E-state index in [2.05, 4.69) is 4.98 Å². The van der Waals surface area contributed by atoms with Gasteiger partial charge in [-0.2, -0.15) is 0 Å². The van der Waals surface area contributed by atoms with Crippen molar-refractivity contribution in [1.82, 2.24) is 4.98 Å². The molecule has 0 radical (unpaired) electrons. The van der Waals surface area contributed by atoms with Crippen molar-refractivity contribution >= 4 is 29.2 Å². The fourth-order valence-electron chi connectivity index (χ4n) is 1.98. The minimum absolute atomic E-state index is 0.146. The van der Waals surface area contributed by atoms with E-state index in [1.807, 2.05) is 0 Å². The van der Waals surface area contributed by atoms with Crippen LogP contribution in [0, 0.1) is 0 Å². The summed E-state index contributed by atoms with van der Waals surface area (Å²) in [7, 11) is 0. The first kappa shape index (κ1) is 14.6. The standard InChI is InChI=1S/C16H9Cl2NO3/c17-11-5-1-9(2-6-11)14-13(16(20)21)19-15(22-14)10-3-7-12(18)8-4-10/h1-8H,(H,20,21). The van der Waals surface area contributed by atoms with Crippen LogP contribution in [0.3, 0.4) is 0 Å². The Morgan fingerprint density at radius 2 is 1.41 bits per heavy atom. The molecule has 0 fully saturated rings. The van der Waals surface area contributed by atoms with Gasteiger partial charge in [-0.05, 0) is 48.5 Å². The predicted molar refractivity (Wildman–Crippen MR) is 84.4 cm³/mol. The number of aromatic carboxylic acids is 1. The number of nitrogens with zero attached hydrogens (tertiary/aromatic N) is 1. The lowest BCUT2D eigenvalue weighted by molar-refractivity contribution is 0.0691. The van der Waals surface area contributed by atoms with E-state index in [4.69, 9.17) is 27.6 Å². The van der Waals surface area contributed by atoms with Gasteiger partial charge < -0.3 is 9.52 Å². The zero-order chi connectivity index (χ0) is 15.7. The first-order valence-electron chi connectivity index (χ1n) is 6.30. The van der Waals surface area contributed by atoms with Gasteiger partial charge in [0.05, 0.1) is 0 Å². The van der Waals surface area contributed by atoms with Gasteiger partial charge in [-0.15, -0.1) is 0 Å². The first-order chi connectivity index (χ1) is 10.5. The first-order valence-corrected chi connectivity index (χ1v) is 7.06. The van der Waals surface area contributed by atoms with E-state index >= 15 is 0 Å². The van der Waals surface area contributed by atoms with Crippen LogP contribution in [0.15, 0.2) is 52.9 Å². The Bertz CT molecular complexity index is 824. The summed E-state index contributed by atoms with van der Waals surface area (Å²) in [6.07, 6.45) is 0. The molecule has 1 heterocycles. The number of hydrogen-bond acceptors (Lipinski definition) is 3. The van der Waals surface area contributed by atoms with Crippen LogP contribution in [0.1, 0.15) is 10.5 Å². The molecule has 3 rings (SSSR count). The molecule has 0 bridgehead atoms. The average molecular weight is 334 g/mol. The lowest BCUT2D eigenvalue weighted by Crippen LogP contribution is -1.98. The van der Waals surface area contributed by atoms with Crippen LogP contribution in [0.2, 0.25) is 10.0 Å². The number of aromatic nitrogens is 1. The molecule has 4 nitrogen and oxygen atoms in total. The Balaban J connectivity index is 2.11. The SMILES string of the molecule is O=C(O)c1nc(-c2ccc(Cl)cc2)oc1-c1ccc(Cl)cc1. The minimum atomic E-state index is -1.16. The summed E-state index contributed by atoms with van der Waals surface area (Å²) in [5.41, 5.74) is 1.09. The summed E-state index contributed by atoms with van der Waals surface area (Å²) >= 11 is 11.7. The van der Waals surface area contributed by atoms with Gasteiger partial charge in [0, 0.05) is 21.2 Å². The monoisotopic (exact) mass is 333 g/mol. The maximum absolute atomic E-state index is 11.4. The van der Waals surface area contributed by atoms with Gasteiger partial charge in [-0.25, -0.2) is 9.78 Å². The predicted octanol–water partition coefficient (Wildman–Crippen LogP) is 5.01. The van der Waals surface area contributed by atoms with Gasteiger partial charge >= 0.3 is 5.97 Å². The largest absolute Gasteiger partial charge is 0.476 e. The smallest absolute Gasteiger partial charge is 0.358 e. The van der Waals surface area contributed by atoms with Crippen molar-refractivity contribution in [3.8, 4) is 22.8 Å². The Hall–Kier alpha value is -2.30. The molecule has 3 aromatic rings. The molecule has 0 unspecified atom stereocenters. The van der Waals surface area contributed by atoms with Crippen LogP contribution >= 0.6 is 23.2 Å². The fourth-order valence-corrected chi connectivity index (χ4v) is 2.23. The van der Waals surface area contributed by atoms with Crippen molar-refractivity contribution in [3.63, 3.8) is 0 Å². The molecule has 1 aromatic heterocycles. The molecule has 6 heteroatoms. The molecule has 2 aromatic carbocycles. The van der Waals surface area contributed by atoms with Crippen LogP contribution in [-0.2, 0) is 0 Å². The van der Waals surface area contributed by atoms with Gasteiger partial charge in [-0.1, -0.05) is 23.2 Å². The topological polar surface area (TPSA) is 63.3 Å². The third-order valence-electron chi connectivity index (χ3n) is 3.03. The van der Waals surface area contributed by atoms with Crippen LogP contribution in [-0.4, -0.2) is 16.1 Å². The summed E-state index contributed by atoms with van der Waals surface area (Å²) in [6.45, 7) is 0. The number of benzene rings is 2. The van der Waals surface area contributed by atoms with Crippen molar-refractivity contribution in [2.24, 2.45) is 0 Å². The maximum Gasteiger partial charge on any atom is 0.358 e. The summed E-state index contributed by atoms with van der Waals surface area (Å²) in [5, 5.41) is 10.4. The van der Waals surface area contributed by atoms with Crippen LogP contribution < -0.4 is 0 Å². The van der Waals surface area contributed by atoms with Gasteiger partial charge in [0.25, 0.3) is 0 Å². The van der Waals surface area contributed by atoms with E-state index in [0.717, 1.165) is 0 Å². The molecular weight excluding hydrogens is 325 g/mol. The number of rotatable bonds is 3. The quantitative estimate of drug-likeness (QED) is 0.731. The van der Waals surface area contributed by atoms with E-state index in [-0.39, 0.29) is 17.3 Å². The molecule has 0 saturated carbocycles. The highest BCUT2D eigenvalue weighted by Crippen LogP contribution is 2.31. The van der Waals surface area contributed by atoms with Crippen molar-refractivity contribution in [3.05, 3.63) is 64.3 Å². The van der Waals surface area contributed by atoms with E-state index in [0.29, 0.717) is 21.2 Å². The maximum atomic E-state index is 11.4. The minimum Gasteiger partial charge on any atom is -0.476 e. The van der Waals surface area contributed by atoms with Crippen molar-refractivity contribution in [2.45, 2.75) is 0 Å². The van der Waals surface area contributed by atoms with Crippen molar-refractivity contribution in [1.29, 1.82) is 0 Å². The molecule has 0 aliphatic carbocycles. The molecule has 0 aliphatic rings. The van der Waals surface area contributed by atoms with E-state index in [1.54, 1.807) is 48.5 Å². The van der Waals surface area contributed by atoms with E-state index in [1.165, 1.54) is 0 Å². The van der Waals surface area contributed by atoms with Gasteiger partial charge in [0.15, 0.2) is 11.5 Å². The summed E-state index contributed by atoms with van der Waals surface area (Å²) < 4.78 is 5.65. The number of carboxylic acid groups (broad SMARTS) is 1. The molecule has 0 atom stereocenters. The third-order valence-corrected chi connectivity index (χ3v) is 3.53. The molecule has 0 spiro atoms. The lowest BCUT2D eigenvalue weighted by atomic mass is 10.1. The average Bonchev–Trinajstić information content (AvgIpc) is 2.94. The molecular formula is C16H9Cl2NO3. The Kier molecular flexibility index (Phi) is 3.88. The second-order valence-electron chi connectivity index (χ2n) is 4.52. The molecule has 0 saturated heterocycles. The second-order valence-corrected chi connectivity index (χ2v) is 5.39. The van der Waals surface area contributed by atoms with Crippen molar-refractivity contribution in [2.75, 3.05) is 0 Å². The number of oxazole rings is 1. The van der Waals surface area contributed by atoms with Gasteiger partial charge in [-0.3, -0.25) is 0 Å². The third kappa shape index (κ3) is 2.84. The van der Waals surface area contributed by atoms with Crippen LogP contribution in [0.25, 0.3) is 22.8 Å². The molecule has 1 N–H and O–H groups in total. The number of hydrogen-bond donors (Lipinski definition) is 1. The summed E-state index contributed by atoms with van der Waals surface area (Å²) in [4.78, 5) is 15.5. The normalized spacial score (nSPS) is 10.6. The Morgan fingerprint density at radius 3 is 1.91 bits per heavy atom.